The molecule has 2 fully saturated rings. The number of hydrogen-bond donors (Lipinski definition) is 2. The molecule has 0 bridgehead atoms. The van der Waals surface area contributed by atoms with E-state index in [9.17, 15) is 4.79 Å². The Morgan fingerprint density at radius 2 is 1.83 bits per heavy atom. The van der Waals surface area contributed by atoms with E-state index < -0.39 is 0 Å². The van der Waals surface area contributed by atoms with Crippen LogP contribution in [0.1, 0.15) is 43.2 Å². The van der Waals surface area contributed by atoms with Crippen molar-refractivity contribution in [2.75, 3.05) is 26.2 Å². The molecule has 5 heteroatoms. The summed E-state index contributed by atoms with van der Waals surface area (Å²) in [5, 5.41) is 7.43. The average Bonchev–Trinajstić information content (AvgIpc) is 2.59. The van der Waals surface area contributed by atoms with Crippen LogP contribution in [0.25, 0.3) is 0 Å². The predicted octanol–water partition coefficient (Wildman–Crippen LogP) is 2.20. The number of nitrogens with two attached hydrogens (primary N) is 1. The quantitative estimate of drug-likeness (QED) is 0.643. The first kappa shape index (κ1) is 17.0. The molecular formula is C19H28N4O. The molecule has 1 saturated heterocycles. The second kappa shape index (κ2) is 7.79. The SMILES string of the molecule is N=C(N)c1ccc(CN2CCN(CC3CCCCC3)CC2=O)cc1. The molecule has 1 aliphatic heterocycles. The molecule has 2 aliphatic rings. The number of amides is 1. The Kier molecular flexibility index (Phi) is 5.51. The molecule has 5 nitrogen and oxygen atoms in total. The van der Waals surface area contributed by atoms with E-state index in [-0.39, 0.29) is 11.7 Å². The minimum Gasteiger partial charge on any atom is -0.384 e. The second-order valence-corrected chi connectivity index (χ2v) is 7.17. The zero-order valence-electron chi connectivity index (χ0n) is 14.3. The van der Waals surface area contributed by atoms with Crippen molar-refractivity contribution in [3.05, 3.63) is 35.4 Å². The zero-order valence-corrected chi connectivity index (χ0v) is 14.3. The normalized spacial score (nSPS) is 20.3. The van der Waals surface area contributed by atoms with Crippen LogP contribution in [0.15, 0.2) is 24.3 Å². The van der Waals surface area contributed by atoms with Gasteiger partial charge in [-0.25, -0.2) is 0 Å². The Balaban J connectivity index is 1.50. The van der Waals surface area contributed by atoms with E-state index in [4.69, 9.17) is 11.1 Å². The summed E-state index contributed by atoms with van der Waals surface area (Å²) < 4.78 is 0. The van der Waals surface area contributed by atoms with Crippen LogP contribution in [-0.2, 0) is 11.3 Å². The molecule has 0 spiro atoms. The number of nitrogens with one attached hydrogen (secondary N) is 1. The summed E-state index contributed by atoms with van der Waals surface area (Å²) in [6.45, 7) is 4.08. The van der Waals surface area contributed by atoms with Crippen LogP contribution in [0.2, 0.25) is 0 Å². The minimum atomic E-state index is 0.0777. The maximum atomic E-state index is 12.5. The van der Waals surface area contributed by atoms with Crippen molar-refractivity contribution in [3.63, 3.8) is 0 Å². The van der Waals surface area contributed by atoms with Crippen LogP contribution < -0.4 is 5.73 Å². The summed E-state index contributed by atoms with van der Waals surface area (Å²) in [6, 6.07) is 7.61. The Labute approximate surface area is 144 Å². The average molecular weight is 328 g/mol. The number of piperazine rings is 1. The summed E-state index contributed by atoms with van der Waals surface area (Å²) in [6.07, 6.45) is 6.75. The third kappa shape index (κ3) is 4.35. The van der Waals surface area contributed by atoms with Gasteiger partial charge in [0, 0.05) is 31.7 Å². The maximum absolute atomic E-state index is 12.5. The highest BCUT2D eigenvalue weighted by Gasteiger charge is 2.26. The van der Waals surface area contributed by atoms with Gasteiger partial charge in [-0.05, 0) is 24.3 Å². The van der Waals surface area contributed by atoms with Crippen molar-refractivity contribution in [1.29, 1.82) is 5.41 Å². The van der Waals surface area contributed by atoms with Crippen molar-refractivity contribution in [1.82, 2.24) is 9.80 Å². The Hall–Kier alpha value is -1.88. The van der Waals surface area contributed by atoms with Gasteiger partial charge in [-0.15, -0.1) is 0 Å². The molecule has 3 N–H and O–H groups in total. The van der Waals surface area contributed by atoms with Crippen LogP contribution >= 0.6 is 0 Å². The number of carbonyl (C=O) groups is 1. The lowest BCUT2D eigenvalue weighted by Gasteiger charge is -2.36. The van der Waals surface area contributed by atoms with Gasteiger partial charge in [-0.2, -0.15) is 0 Å². The van der Waals surface area contributed by atoms with E-state index in [0.29, 0.717) is 13.1 Å². The lowest BCUT2D eigenvalue weighted by atomic mass is 9.89. The molecule has 0 aromatic heterocycles. The molecule has 1 heterocycles. The number of rotatable bonds is 5. The summed E-state index contributed by atoms with van der Waals surface area (Å²) in [7, 11) is 0. The number of hydrogen-bond acceptors (Lipinski definition) is 3. The molecule has 0 unspecified atom stereocenters. The number of nitrogens with zero attached hydrogens (tertiary/aromatic N) is 2. The first-order valence-electron chi connectivity index (χ1n) is 9.05. The first-order valence-corrected chi connectivity index (χ1v) is 9.05. The monoisotopic (exact) mass is 328 g/mol. The van der Waals surface area contributed by atoms with Crippen molar-refractivity contribution >= 4 is 11.7 Å². The van der Waals surface area contributed by atoms with E-state index >= 15 is 0 Å². The van der Waals surface area contributed by atoms with Gasteiger partial charge in [0.1, 0.15) is 5.84 Å². The summed E-state index contributed by atoms with van der Waals surface area (Å²) in [4.78, 5) is 16.7. The van der Waals surface area contributed by atoms with E-state index in [1.54, 1.807) is 0 Å². The van der Waals surface area contributed by atoms with Crippen LogP contribution in [-0.4, -0.2) is 47.7 Å². The second-order valence-electron chi connectivity index (χ2n) is 7.17. The van der Waals surface area contributed by atoms with E-state index in [1.165, 1.54) is 32.1 Å². The molecule has 1 saturated carbocycles. The molecule has 1 aliphatic carbocycles. The van der Waals surface area contributed by atoms with E-state index in [2.05, 4.69) is 4.90 Å². The van der Waals surface area contributed by atoms with Gasteiger partial charge in [-0.3, -0.25) is 15.1 Å². The molecule has 1 aromatic rings. The number of benzene rings is 1. The van der Waals surface area contributed by atoms with Gasteiger partial charge in [0.05, 0.1) is 6.54 Å². The first-order chi connectivity index (χ1) is 11.6. The molecule has 130 valence electrons. The molecule has 0 atom stereocenters. The van der Waals surface area contributed by atoms with Gasteiger partial charge in [0.25, 0.3) is 0 Å². The van der Waals surface area contributed by atoms with Crippen molar-refractivity contribution in [2.45, 2.75) is 38.6 Å². The fraction of sp³-hybridized carbons (Fsp3) is 0.579. The zero-order chi connectivity index (χ0) is 16.9. The smallest absolute Gasteiger partial charge is 0.237 e. The number of nitrogen functional groups attached to an aromatic ring is 1. The minimum absolute atomic E-state index is 0.0777. The van der Waals surface area contributed by atoms with E-state index in [1.807, 2.05) is 29.2 Å². The standard InChI is InChI=1S/C19H28N4O/c20-19(21)17-8-6-16(7-9-17)13-23-11-10-22(14-18(23)24)12-15-4-2-1-3-5-15/h6-9,15H,1-5,10-14H2,(H3,20,21). The molecular weight excluding hydrogens is 300 g/mol. The Morgan fingerprint density at radius 1 is 1.12 bits per heavy atom. The van der Waals surface area contributed by atoms with Crippen molar-refractivity contribution < 1.29 is 4.79 Å². The topological polar surface area (TPSA) is 73.4 Å². The lowest BCUT2D eigenvalue weighted by molar-refractivity contribution is -0.137. The fourth-order valence-corrected chi connectivity index (χ4v) is 3.83. The summed E-state index contributed by atoms with van der Waals surface area (Å²) in [5.74, 6) is 1.10. The number of carbonyl (C=O) groups excluding carboxylic acids is 1. The van der Waals surface area contributed by atoms with Crippen LogP contribution in [0, 0.1) is 11.3 Å². The van der Waals surface area contributed by atoms with Gasteiger partial charge >= 0.3 is 0 Å². The summed E-state index contributed by atoms with van der Waals surface area (Å²) in [5.41, 5.74) is 7.29. The van der Waals surface area contributed by atoms with Gasteiger partial charge in [0.2, 0.25) is 5.91 Å². The highest BCUT2D eigenvalue weighted by Crippen LogP contribution is 2.25. The lowest BCUT2D eigenvalue weighted by Crippen LogP contribution is -2.51. The number of amidine groups is 1. The van der Waals surface area contributed by atoms with Gasteiger partial charge in [-0.1, -0.05) is 43.5 Å². The largest absolute Gasteiger partial charge is 0.384 e. The van der Waals surface area contributed by atoms with Crippen LogP contribution in [0.3, 0.4) is 0 Å². The highest BCUT2D eigenvalue weighted by atomic mass is 16.2. The highest BCUT2D eigenvalue weighted by molar-refractivity contribution is 5.94. The molecule has 24 heavy (non-hydrogen) atoms. The molecule has 1 amide bonds. The van der Waals surface area contributed by atoms with Gasteiger partial charge in [0.15, 0.2) is 0 Å². The Bertz CT molecular complexity index is 578. The maximum Gasteiger partial charge on any atom is 0.237 e. The fourth-order valence-electron chi connectivity index (χ4n) is 3.83. The third-order valence-corrected chi connectivity index (χ3v) is 5.28. The van der Waals surface area contributed by atoms with Crippen LogP contribution in [0.5, 0.6) is 0 Å². The van der Waals surface area contributed by atoms with Crippen molar-refractivity contribution in [2.24, 2.45) is 11.7 Å². The van der Waals surface area contributed by atoms with Crippen molar-refractivity contribution in [3.8, 4) is 0 Å². The third-order valence-electron chi connectivity index (χ3n) is 5.28. The molecule has 3 rings (SSSR count). The summed E-state index contributed by atoms with van der Waals surface area (Å²) >= 11 is 0. The Morgan fingerprint density at radius 3 is 2.46 bits per heavy atom. The molecule has 1 aromatic carbocycles. The molecule has 0 radical (unpaired) electrons. The van der Waals surface area contributed by atoms with Crippen LogP contribution in [0.4, 0.5) is 0 Å². The van der Waals surface area contributed by atoms with Gasteiger partial charge < -0.3 is 10.6 Å². The predicted molar refractivity (Wildman–Crippen MR) is 95.9 cm³/mol. The van der Waals surface area contributed by atoms with E-state index in [0.717, 1.165) is 36.7 Å².